The molecule has 1 aromatic heterocycles. The average Bonchev–Trinajstić information content (AvgIpc) is 2.43. The maximum atomic E-state index is 9.42. The van der Waals surface area contributed by atoms with E-state index in [1.807, 2.05) is 12.3 Å². The lowest BCUT2D eigenvalue weighted by Crippen LogP contribution is -1.70. The summed E-state index contributed by atoms with van der Waals surface area (Å²) < 4.78 is 2.19. The lowest BCUT2D eigenvalue weighted by molar-refractivity contribution is 0.475. The van der Waals surface area contributed by atoms with Crippen molar-refractivity contribution in [3.05, 3.63) is 18.2 Å². The summed E-state index contributed by atoms with van der Waals surface area (Å²) in [6.07, 6.45) is 2.01. The third-order valence-electron chi connectivity index (χ3n) is 1.77. The van der Waals surface area contributed by atoms with Crippen LogP contribution in [0.25, 0.3) is 10.1 Å². The quantitative estimate of drug-likeness (QED) is 0.574. The molecule has 0 saturated heterocycles. The van der Waals surface area contributed by atoms with Gasteiger partial charge < -0.3 is 5.11 Å². The SMILES string of the molecule is CSc1cc(O)cc2cc(S)sc12. The second-order valence-electron chi connectivity index (χ2n) is 2.65. The highest BCUT2D eigenvalue weighted by Crippen LogP contribution is 2.37. The molecule has 0 aliphatic rings. The lowest BCUT2D eigenvalue weighted by atomic mass is 10.2. The summed E-state index contributed by atoms with van der Waals surface area (Å²) in [4.78, 5) is 1.11. The van der Waals surface area contributed by atoms with Crippen molar-refractivity contribution in [3.63, 3.8) is 0 Å². The Hall–Kier alpha value is -0.320. The van der Waals surface area contributed by atoms with Crippen LogP contribution in [0, 0.1) is 0 Å². The van der Waals surface area contributed by atoms with Crippen molar-refractivity contribution < 1.29 is 5.11 Å². The van der Waals surface area contributed by atoms with Crippen LogP contribution in [0.1, 0.15) is 0 Å². The number of thiophene rings is 1. The van der Waals surface area contributed by atoms with E-state index in [0.29, 0.717) is 5.75 Å². The van der Waals surface area contributed by atoms with E-state index in [-0.39, 0.29) is 0 Å². The Labute approximate surface area is 90.2 Å². The fourth-order valence-electron chi connectivity index (χ4n) is 1.24. The molecule has 0 saturated carbocycles. The number of aromatic hydroxyl groups is 1. The smallest absolute Gasteiger partial charge is 0.117 e. The van der Waals surface area contributed by atoms with Crippen LogP contribution in [-0.2, 0) is 0 Å². The molecular weight excluding hydrogens is 220 g/mol. The van der Waals surface area contributed by atoms with Gasteiger partial charge in [-0.15, -0.1) is 35.7 Å². The topological polar surface area (TPSA) is 20.2 Å². The van der Waals surface area contributed by atoms with Crippen molar-refractivity contribution in [2.24, 2.45) is 0 Å². The molecule has 68 valence electrons. The number of phenols is 1. The van der Waals surface area contributed by atoms with Crippen molar-refractivity contribution in [2.45, 2.75) is 9.10 Å². The molecule has 0 unspecified atom stereocenters. The summed E-state index contributed by atoms with van der Waals surface area (Å²) in [5.41, 5.74) is 0. The second-order valence-corrected chi connectivity index (χ2v) is 5.34. The fraction of sp³-hybridized carbons (Fsp3) is 0.111. The van der Waals surface area contributed by atoms with Gasteiger partial charge in [0, 0.05) is 9.60 Å². The molecule has 0 bridgehead atoms. The van der Waals surface area contributed by atoms with Gasteiger partial charge in [0.25, 0.3) is 0 Å². The zero-order valence-corrected chi connectivity index (χ0v) is 9.47. The summed E-state index contributed by atoms with van der Waals surface area (Å²) in [7, 11) is 0. The zero-order valence-electron chi connectivity index (χ0n) is 6.94. The van der Waals surface area contributed by atoms with Crippen molar-refractivity contribution in [3.8, 4) is 5.75 Å². The van der Waals surface area contributed by atoms with E-state index >= 15 is 0 Å². The van der Waals surface area contributed by atoms with Gasteiger partial charge in [0.15, 0.2) is 0 Å². The van der Waals surface area contributed by atoms with Gasteiger partial charge in [-0.2, -0.15) is 0 Å². The second kappa shape index (κ2) is 3.44. The highest BCUT2D eigenvalue weighted by molar-refractivity contribution is 7.99. The molecule has 1 N–H and O–H groups in total. The normalized spacial score (nSPS) is 10.9. The van der Waals surface area contributed by atoms with E-state index in [9.17, 15) is 5.11 Å². The van der Waals surface area contributed by atoms with Crippen LogP contribution in [0.4, 0.5) is 0 Å². The van der Waals surface area contributed by atoms with Gasteiger partial charge in [-0.1, -0.05) is 0 Å². The van der Waals surface area contributed by atoms with Crippen molar-refractivity contribution >= 4 is 45.8 Å². The number of phenolic OH excluding ortho intramolecular Hbond substituents is 1. The van der Waals surface area contributed by atoms with Gasteiger partial charge in [-0.3, -0.25) is 0 Å². The Bertz CT molecular complexity index is 447. The Morgan fingerprint density at radius 1 is 1.38 bits per heavy atom. The summed E-state index contributed by atoms with van der Waals surface area (Å²) in [5.74, 6) is 0.322. The van der Waals surface area contributed by atoms with E-state index in [1.165, 1.54) is 4.70 Å². The van der Waals surface area contributed by atoms with E-state index < -0.39 is 0 Å². The largest absolute Gasteiger partial charge is 0.508 e. The summed E-state index contributed by atoms with van der Waals surface area (Å²) >= 11 is 7.58. The molecule has 0 radical (unpaired) electrons. The highest BCUT2D eigenvalue weighted by atomic mass is 32.2. The number of rotatable bonds is 1. The van der Waals surface area contributed by atoms with Gasteiger partial charge in [-0.25, -0.2) is 0 Å². The number of fused-ring (bicyclic) bond motifs is 1. The van der Waals surface area contributed by atoms with Gasteiger partial charge in [0.1, 0.15) is 5.75 Å². The van der Waals surface area contributed by atoms with Gasteiger partial charge >= 0.3 is 0 Å². The number of benzene rings is 1. The van der Waals surface area contributed by atoms with Crippen LogP contribution in [0.5, 0.6) is 5.75 Å². The first-order chi connectivity index (χ1) is 6.20. The maximum Gasteiger partial charge on any atom is 0.117 e. The fourth-order valence-corrected chi connectivity index (χ4v) is 3.36. The van der Waals surface area contributed by atoms with Crippen LogP contribution < -0.4 is 0 Å². The van der Waals surface area contributed by atoms with Gasteiger partial charge in [0.2, 0.25) is 0 Å². The molecule has 0 aliphatic heterocycles. The molecule has 0 fully saturated rings. The number of hydrogen-bond acceptors (Lipinski definition) is 4. The minimum Gasteiger partial charge on any atom is -0.508 e. The molecule has 1 nitrogen and oxygen atoms in total. The summed E-state index contributed by atoms with van der Waals surface area (Å²) in [6.45, 7) is 0. The molecule has 0 atom stereocenters. The standard InChI is InChI=1S/C9H8OS3/c1-12-7-4-6(10)2-5-3-8(11)13-9(5)7/h2-4,10-11H,1H3. The van der Waals surface area contributed by atoms with E-state index in [2.05, 4.69) is 12.6 Å². The van der Waals surface area contributed by atoms with E-state index in [1.54, 1.807) is 35.2 Å². The van der Waals surface area contributed by atoms with Gasteiger partial charge in [-0.05, 0) is 29.8 Å². The molecule has 1 heterocycles. The summed E-state index contributed by atoms with van der Waals surface area (Å²) in [6, 6.07) is 5.53. The minimum absolute atomic E-state index is 0.322. The number of hydrogen-bond donors (Lipinski definition) is 2. The Morgan fingerprint density at radius 3 is 2.85 bits per heavy atom. The van der Waals surface area contributed by atoms with Crippen LogP contribution in [-0.4, -0.2) is 11.4 Å². The van der Waals surface area contributed by atoms with E-state index in [4.69, 9.17) is 0 Å². The van der Waals surface area contributed by atoms with Crippen molar-refractivity contribution in [1.82, 2.24) is 0 Å². The third-order valence-corrected chi connectivity index (χ3v) is 4.05. The molecule has 2 rings (SSSR count). The van der Waals surface area contributed by atoms with Crippen LogP contribution in [0.3, 0.4) is 0 Å². The predicted octanol–water partition coefficient (Wildman–Crippen LogP) is 3.62. The molecule has 0 spiro atoms. The Balaban J connectivity index is 2.80. The Kier molecular flexibility index (Phi) is 2.45. The Morgan fingerprint density at radius 2 is 2.15 bits per heavy atom. The highest BCUT2D eigenvalue weighted by Gasteiger charge is 2.05. The molecule has 0 aliphatic carbocycles. The van der Waals surface area contributed by atoms with E-state index in [0.717, 1.165) is 14.5 Å². The van der Waals surface area contributed by atoms with Crippen LogP contribution in [0.15, 0.2) is 27.3 Å². The van der Waals surface area contributed by atoms with Crippen molar-refractivity contribution in [1.29, 1.82) is 0 Å². The molecule has 13 heavy (non-hydrogen) atoms. The monoisotopic (exact) mass is 228 g/mol. The molecule has 1 aromatic carbocycles. The molecular formula is C9H8OS3. The lowest BCUT2D eigenvalue weighted by Gasteiger charge is -1.99. The first-order valence-corrected chi connectivity index (χ1v) is 6.19. The average molecular weight is 228 g/mol. The zero-order chi connectivity index (χ0) is 9.42. The van der Waals surface area contributed by atoms with Crippen molar-refractivity contribution in [2.75, 3.05) is 6.26 Å². The molecule has 0 amide bonds. The molecule has 4 heteroatoms. The number of thioether (sulfide) groups is 1. The van der Waals surface area contributed by atoms with Crippen LogP contribution >= 0.6 is 35.7 Å². The summed E-state index contributed by atoms with van der Waals surface area (Å²) in [5, 5.41) is 10.5. The third kappa shape index (κ3) is 1.66. The maximum absolute atomic E-state index is 9.42. The van der Waals surface area contributed by atoms with Gasteiger partial charge in [0.05, 0.1) is 4.21 Å². The predicted molar refractivity (Wildman–Crippen MR) is 62.5 cm³/mol. The first-order valence-electron chi connectivity index (χ1n) is 3.70. The number of thiol groups is 1. The molecule has 2 aromatic rings. The minimum atomic E-state index is 0.322. The van der Waals surface area contributed by atoms with Crippen LogP contribution in [0.2, 0.25) is 0 Å². The first kappa shape index (κ1) is 9.24.